The van der Waals surface area contributed by atoms with Gasteiger partial charge in [0, 0.05) is 38.6 Å². The van der Waals surface area contributed by atoms with Crippen molar-refractivity contribution in [1.29, 1.82) is 0 Å². The fraction of sp³-hybridized carbons (Fsp3) is 0.708. The van der Waals surface area contributed by atoms with Crippen LogP contribution >= 0.6 is 0 Å². The first-order valence-corrected chi connectivity index (χ1v) is 24.6. The molecule has 0 aliphatic carbocycles. The van der Waals surface area contributed by atoms with E-state index in [4.69, 9.17) is 52.1 Å². The summed E-state index contributed by atoms with van der Waals surface area (Å²) in [6.07, 6.45) is -11.4. The molecule has 0 radical (unpaired) electrons. The fourth-order valence-corrected chi connectivity index (χ4v) is 9.88. The molecule has 25 heteroatoms. The number of azide groups is 4. The van der Waals surface area contributed by atoms with Crippen LogP contribution in [0.1, 0.15) is 90.1 Å². The van der Waals surface area contributed by atoms with Crippen LogP contribution in [0, 0.1) is 17.8 Å². The number of carbonyl (C=O) groups excluding carboxylic acids is 2. The zero-order valence-corrected chi connectivity index (χ0v) is 42.2. The molecular formula is C48H66N12O13. The number of carbonyl (C=O) groups is 2. The van der Waals surface area contributed by atoms with Gasteiger partial charge in [0.1, 0.15) is 24.4 Å². The molecule has 6 rings (SSSR count). The van der Waals surface area contributed by atoms with Crippen LogP contribution in [0.25, 0.3) is 41.8 Å². The molecular weight excluding hydrogens is 953 g/mol. The minimum absolute atomic E-state index is 0.0102. The van der Waals surface area contributed by atoms with Gasteiger partial charge in [-0.25, -0.2) is 4.79 Å². The molecule has 0 amide bonds. The predicted molar refractivity (Wildman–Crippen MR) is 258 cm³/mol. The van der Waals surface area contributed by atoms with Gasteiger partial charge in [-0.1, -0.05) is 96.2 Å². The lowest BCUT2D eigenvalue weighted by atomic mass is 9.87. The Morgan fingerprint density at radius 1 is 0.521 bits per heavy atom. The van der Waals surface area contributed by atoms with Gasteiger partial charge in [-0.3, -0.25) is 4.79 Å². The van der Waals surface area contributed by atoms with Crippen LogP contribution in [0.5, 0.6) is 0 Å². The Morgan fingerprint density at radius 2 is 0.959 bits per heavy atom. The van der Waals surface area contributed by atoms with Gasteiger partial charge in [0.2, 0.25) is 0 Å². The van der Waals surface area contributed by atoms with Crippen molar-refractivity contribution in [3.63, 3.8) is 0 Å². The van der Waals surface area contributed by atoms with E-state index in [1.54, 1.807) is 71.9 Å². The monoisotopic (exact) mass is 1020 g/mol. The number of methoxy groups -OCH3 is 1. The molecule has 73 heavy (non-hydrogen) atoms. The highest BCUT2D eigenvalue weighted by Gasteiger charge is 2.55. The number of nitrogens with zero attached hydrogens (tertiary/aromatic N) is 12. The highest BCUT2D eigenvalue weighted by Crippen LogP contribution is 2.41. The zero-order valence-electron chi connectivity index (χ0n) is 42.2. The van der Waals surface area contributed by atoms with E-state index in [1.807, 2.05) is 37.3 Å². The summed E-state index contributed by atoms with van der Waals surface area (Å²) in [7, 11) is 1.35. The maximum absolute atomic E-state index is 13.7. The van der Waals surface area contributed by atoms with E-state index in [0.717, 1.165) is 5.56 Å². The summed E-state index contributed by atoms with van der Waals surface area (Å²) in [5.74, 6) is -2.78. The van der Waals surface area contributed by atoms with Crippen LogP contribution in [0.3, 0.4) is 0 Å². The normalized spacial score (nSPS) is 36.2. The minimum atomic E-state index is -1.35. The van der Waals surface area contributed by atoms with E-state index in [1.165, 1.54) is 7.11 Å². The molecule has 4 heterocycles. The molecule has 0 spiro atoms. The lowest BCUT2D eigenvalue weighted by molar-refractivity contribution is -0.373. The third-order valence-electron chi connectivity index (χ3n) is 13.9. The van der Waals surface area contributed by atoms with Gasteiger partial charge in [-0.05, 0) is 92.2 Å². The third kappa shape index (κ3) is 14.3. The van der Waals surface area contributed by atoms with Gasteiger partial charge in [0.05, 0.1) is 67.9 Å². The topological polar surface area (TPSA) is 331 Å². The number of ether oxygens (including phenoxy) is 11. The molecule has 25 nitrogen and oxygen atoms in total. The summed E-state index contributed by atoms with van der Waals surface area (Å²) in [5, 5.41) is 16.3. The molecule has 4 fully saturated rings. The molecule has 20 atom stereocenters. The molecule has 0 aromatic heterocycles. The summed E-state index contributed by atoms with van der Waals surface area (Å²) < 4.78 is 70.7. The Bertz CT molecular complexity index is 2300. The van der Waals surface area contributed by atoms with Gasteiger partial charge in [0.15, 0.2) is 31.3 Å². The van der Waals surface area contributed by atoms with Crippen molar-refractivity contribution < 1.29 is 61.7 Å². The maximum atomic E-state index is 13.7. The predicted octanol–water partition coefficient (Wildman–Crippen LogP) is 9.31. The standard InChI is InChI=1S/C48H66N12O13/c1-25-35(53-57-49)28(4)66-45(64-23-17-11-16-22-34(61)63-8)39(25)71-48-43(65-24-32-18-12-9-13-19-32)42(38(56-60-52)31(7)69-48)73-47-41(27(3)37(55-59-51)30(6)68-47)72-46-40(26(2)36(54-58-50)29(5)67-46)70-44(62)33-20-14-10-15-21-33/h9-10,12-15,18-21,25-31,35-43,45-48H,11,16-17,22-24H2,1-8H3/t25-,26-,27-,28?,29?,30?,31?,35-,36-,37-,38+,39?,40?,41?,42-,43?,45-,46+,47+,48+/m0/s1. The quantitative estimate of drug-likeness (QED) is 0.0349. The Balaban J connectivity index is 1.37. The van der Waals surface area contributed by atoms with Gasteiger partial charge < -0.3 is 52.1 Å². The van der Waals surface area contributed by atoms with Crippen LogP contribution < -0.4 is 0 Å². The summed E-state index contributed by atoms with van der Waals surface area (Å²) in [4.78, 5) is 37.8. The highest BCUT2D eigenvalue weighted by molar-refractivity contribution is 5.89. The largest absolute Gasteiger partial charge is 0.469 e. The van der Waals surface area contributed by atoms with E-state index in [-0.39, 0.29) is 31.2 Å². The van der Waals surface area contributed by atoms with Crippen molar-refractivity contribution >= 4 is 11.9 Å². The van der Waals surface area contributed by atoms with Crippen molar-refractivity contribution in [3.8, 4) is 0 Å². The smallest absolute Gasteiger partial charge is 0.338 e. The minimum Gasteiger partial charge on any atom is -0.469 e. The summed E-state index contributed by atoms with van der Waals surface area (Å²) in [6.45, 7) is 12.6. The van der Waals surface area contributed by atoms with E-state index >= 15 is 0 Å². The van der Waals surface area contributed by atoms with E-state index in [9.17, 15) is 31.7 Å². The first-order chi connectivity index (χ1) is 35.2. The summed E-state index contributed by atoms with van der Waals surface area (Å²) in [5.41, 5.74) is 39.9. The molecule has 8 unspecified atom stereocenters. The van der Waals surface area contributed by atoms with Crippen LogP contribution in [-0.4, -0.2) is 130 Å². The first-order valence-electron chi connectivity index (χ1n) is 24.6. The second-order valence-corrected chi connectivity index (χ2v) is 18.8. The van der Waals surface area contributed by atoms with Crippen LogP contribution in [0.4, 0.5) is 0 Å². The average molecular weight is 1020 g/mol. The van der Waals surface area contributed by atoms with Gasteiger partial charge in [-0.2, -0.15) is 0 Å². The van der Waals surface area contributed by atoms with Gasteiger partial charge in [0.25, 0.3) is 0 Å². The highest BCUT2D eigenvalue weighted by atomic mass is 16.8. The average Bonchev–Trinajstić information content (AvgIpc) is 3.38. The van der Waals surface area contributed by atoms with Crippen LogP contribution in [0.2, 0.25) is 0 Å². The molecule has 4 saturated heterocycles. The molecule has 0 bridgehead atoms. The molecule has 4 aliphatic rings. The first kappa shape index (κ1) is 56.6. The Labute approximate surface area is 423 Å². The van der Waals surface area contributed by atoms with Crippen LogP contribution in [-0.2, 0) is 63.5 Å². The van der Waals surface area contributed by atoms with E-state index < -0.39 is 128 Å². The second kappa shape index (κ2) is 27.5. The van der Waals surface area contributed by atoms with E-state index in [0.29, 0.717) is 19.3 Å². The molecule has 2 aromatic rings. The number of hydrogen-bond donors (Lipinski definition) is 0. The maximum Gasteiger partial charge on any atom is 0.338 e. The third-order valence-corrected chi connectivity index (χ3v) is 13.9. The Morgan fingerprint density at radius 3 is 1.49 bits per heavy atom. The number of esters is 2. The molecule has 0 N–H and O–H groups in total. The number of hydrogen-bond acceptors (Lipinski definition) is 17. The Hall–Kier alpha value is -5.74. The molecule has 2 aromatic carbocycles. The van der Waals surface area contributed by atoms with E-state index in [2.05, 4.69) is 40.1 Å². The second-order valence-electron chi connectivity index (χ2n) is 18.8. The summed E-state index contributed by atoms with van der Waals surface area (Å²) in [6, 6.07) is 14.3. The molecule has 396 valence electrons. The SMILES string of the molecule is COC(=O)CCCCCO[C@H]1OC(C)[C@@H](N=[N+]=[N-])[C@H](C)C1O[C@H]1OC(C)[C@@H](N=[N+]=[N-])[C@H](O[C@H]2OC(C)[C@@H](N=[N+]=[N-])[C@H](C)C2O[C@H]2OC(C)[C@@H](N=[N+]=[N-])[C@H](C)C2OC(=O)c2ccccc2)C1OCc1ccccc1. The fourth-order valence-electron chi connectivity index (χ4n) is 9.88. The van der Waals surface area contributed by atoms with Crippen molar-refractivity contribution in [2.45, 2.75) is 185 Å². The Kier molecular flexibility index (Phi) is 21.3. The molecule has 0 saturated carbocycles. The lowest BCUT2D eigenvalue weighted by Crippen LogP contribution is -2.64. The lowest BCUT2D eigenvalue weighted by Gasteiger charge is -2.51. The van der Waals surface area contributed by atoms with Gasteiger partial charge in [-0.15, -0.1) is 0 Å². The summed E-state index contributed by atoms with van der Waals surface area (Å²) >= 11 is 0. The van der Waals surface area contributed by atoms with Crippen molar-refractivity contribution in [2.24, 2.45) is 38.2 Å². The number of unbranched alkanes of at least 4 members (excludes halogenated alkanes) is 2. The van der Waals surface area contributed by atoms with Crippen molar-refractivity contribution in [3.05, 3.63) is 114 Å². The number of benzene rings is 2. The number of rotatable bonds is 22. The zero-order chi connectivity index (χ0) is 52.6. The molecule has 4 aliphatic heterocycles. The van der Waals surface area contributed by atoms with Crippen LogP contribution in [0.15, 0.2) is 81.1 Å². The van der Waals surface area contributed by atoms with Gasteiger partial charge >= 0.3 is 11.9 Å². The van der Waals surface area contributed by atoms with Crippen molar-refractivity contribution in [2.75, 3.05) is 13.7 Å². The van der Waals surface area contributed by atoms with Crippen molar-refractivity contribution in [1.82, 2.24) is 0 Å².